The minimum Gasteiger partial charge on any atom is -0.375 e. The number of hydrogen-bond donors (Lipinski definition) is 2. The van der Waals surface area contributed by atoms with Crippen LogP contribution in [0.1, 0.15) is 11.1 Å². The lowest BCUT2D eigenvalue weighted by Crippen LogP contribution is -2.23. The molecule has 5 heteroatoms. The Morgan fingerprint density at radius 1 is 1.69 bits per heavy atom. The van der Waals surface area contributed by atoms with Crippen LogP contribution in [0.15, 0.2) is 23.6 Å². The van der Waals surface area contributed by atoms with E-state index in [0.29, 0.717) is 0 Å². The summed E-state index contributed by atoms with van der Waals surface area (Å²) in [6.07, 6.45) is 5.09. The van der Waals surface area contributed by atoms with E-state index in [9.17, 15) is 0 Å². The van der Waals surface area contributed by atoms with Gasteiger partial charge in [0.2, 0.25) is 0 Å². The molecule has 0 aliphatic carbocycles. The molecule has 0 saturated heterocycles. The first-order valence-corrected chi connectivity index (χ1v) is 4.09. The summed E-state index contributed by atoms with van der Waals surface area (Å²) >= 11 is 4.57. The van der Waals surface area contributed by atoms with Crippen LogP contribution in [0.3, 0.4) is 0 Å². The SMILES string of the molecule is Cc1cncc(/C=N/NC(N)=S)c1. The first-order valence-electron chi connectivity index (χ1n) is 3.68. The van der Waals surface area contributed by atoms with Gasteiger partial charge in [0.05, 0.1) is 6.21 Å². The maximum atomic E-state index is 5.18. The molecule has 1 rings (SSSR count). The molecule has 1 aromatic rings. The fraction of sp³-hybridized carbons (Fsp3) is 0.125. The predicted molar refractivity (Wildman–Crippen MR) is 56.5 cm³/mol. The molecular formula is C8H10N4S. The zero-order valence-electron chi connectivity index (χ0n) is 7.19. The number of nitrogens with two attached hydrogens (primary N) is 1. The molecule has 0 atom stereocenters. The summed E-state index contributed by atoms with van der Waals surface area (Å²) in [5.41, 5.74) is 9.63. The molecular weight excluding hydrogens is 184 g/mol. The van der Waals surface area contributed by atoms with E-state index in [2.05, 4.69) is 27.7 Å². The fourth-order valence-electron chi connectivity index (χ4n) is 0.819. The molecule has 0 saturated carbocycles. The van der Waals surface area contributed by atoms with E-state index in [4.69, 9.17) is 5.73 Å². The van der Waals surface area contributed by atoms with Crippen molar-refractivity contribution in [3.05, 3.63) is 29.6 Å². The van der Waals surface area contributed by atoms with Crippen LogP contribution in [0.5, 0.6) is 0 Å². The molecule has 3 N–H and O–H groups in total. The molecule has 0 aliphatic heterocycles. The van der Waals surface area contributed by atoms with Gasteiger partial charge < -0.3 is 5.73 Å². The minimum absolute atomic E-state index is 0.150. The van der Waals surface area contributed by atoms with Crippen molar-refractivity contribution in [1.82, 2.24) is 10.4 Å². The quantitative estimate of drug-likeness (QED) is 0.410. The lowest BCUT2D eigenvalue weighted by Gasteiger charge is -1.95. The van der Waals surface area contributed by atoms with E-state index in [1.54, 1.807) is 18.6 Å². The van der Waals surface area contributed by atoms with E-state index in [-0.39, 0.29) is 5.11 Å². The molecule has 68 valence electrons. The van der Waals surface area contributed by atoms with Gasteiger partial charge in [0, 0.05) is 18.0 Å². The van der Waals surface area contributed by atoms with Gasteiger partial charge in [0.15, 0.2) is 5.11 Å². The summed E-state index contributed by atoms with van der Waals surface area (Å²) in [6.45, 7) is 1.96. The Morgan fingerprint density at radius 2 is 2.46 bits per heavy atom. The lowest BCUT2D eigenvalue weighted by atomic mass is 10.2. The number of hydrogen-bond acceptors (Lipinski definition) is 3. The zero-order chi connectivity index (χ0) is 9.68. The van der Waals surface area contributed by atoms with Gasteiger partial charge in [0.25, 0.3) is 0 Å². The third-order valence-corrected chi connectivity index (χ3v) is 1.38. The summed E-state index contributed by atoms with van der Waals surface area (Å²) < 4.78 is 0. The highest BCUT2D eigenvalue weighted by Gasteiger charge is 1.88. The van der Waals surface area contributed by atoms with Crippen molar-refractivity contribution < 1.29 is 0 Å². The van der Waals surface area contributed by atoms with Gasteiger partial charge in [-0.1, -0.05) is 0 Å². The fourth-order valence-corrected chi connectivity index (χ4v) is 0.872. The first-order chi connectivity index (χ1) is 6.18. The second-order valence-corrected chi connectivity index (χ2v) is 2.97. The van der Waals surface area contributed by atoms with Crippen molar-refractivity contribution in [3.8, 4) is 0 Å². The number of hydrazone groups is 1. The van der Waals surface area contributed by atoms with Gasteiger partial charge in [-0.15, -0.1) is 0 Å². The number of thiocarbonyl (C=S) groups is 1. The van der Waals surface area contributed by atoms with Gasteiger partial charge in [0.1, 0.15) is 0 Å². The Balaban J connectivity index is 2.63. The van der Waals surface area contributed by atoms with E-state index < -0.39 is 0 Å². The maximum absolute atomic E-state index is 5.18. The highest BCUT2D eigenvalue weighted by atomic mass is 32.1. The van der Waals surface area contributed by atoms with Crippen LogP contribution in [-0.2, 0) is 0 Å². The van der Waals surface area contributed by atoms with Crippen molar-refractivity contribution >= 4 is 23.5 Å². The van der Waals surface area contributed by atoms with Gasteiger partial charge in [-0.3, -0.25) is 10.4 Å². The second kappa shape index (κ2) is 4.51. The number of nitrogens with one attached hydrogen (secondary N) is 1. The minimum atomic E-state index is 0.150. The summed E-state index contributed by atoms with van der Waals surface area (Å²) in [7, 11) is 0. The predicted octanol–water partition coefficient (Wildman–Crippen LogP) is 0.557. The number of aromatic nitrogens is 1. The molecule has 0 bridgehead atoms. The van der Waals surface area contributed by atoms with Crippen LogP contribution in [0, 0.1) is 6.92 Å². The van der Waals surface area contributed by atoms with Crippen LogP contribution >= 0.6 is 12.2 Å². The molecule has 13 heavy (non-hydrogen) atoms. The summed E-state index contributed by atoms with van der Waals surface area (Å²) in [6, 6.07) is 1.96. The second-order valence-electron chi connectivity index (χ2n) is 2.53. The molecule has 0 spiro atoms. The molecule has 0 unspecified atom stereocenters. The Hall–Kier alpha value is -1.49. The third kappa shape index (κ3) is 3.62. The van der Waals surface area contributed by atoms with E-state index >= 15 is 0 Å². The Kier molecular flexibility index (Phi) is 3.33. The maximum Gasteiger partial charge on any atom is 0.184 e. The van der Waals surface area contributed by atoms with E-state index in [0.717, 1.165) is 11.1 Å². The van der Waals surface area contributed by atoms with Gasteiger partial charge in [-0.2, -0.15) is 5.10 Å². The Labute approximate surface area is 81.9 Å². The van der Waals surface area contributed by atoms with Crippen molar-refractivity contribution in [3.63, 3.8) is 0 Å². The van der Waals surface area contributed by atoms with Crippen molar-refractivity contribution in [1.29, 1.82) is 0 Å². The molecule has 4 nitrogen and oxygen atoms in total. The van der Waals surface area contributed by atoms with Gasteiger partial charge >= 0.3 is 0 Å². The summed E-state index contributed by atoms with van der Waals surface area (Å²) in [5, 5.41) is 3.95. The molecule has 0 aliphatic rings. The Morgan fingerprint density at radius 3 is 3.08 bits per heavy atom. The average Bonchev–Trinajstić information content (AvgIpc) is 2.03. The van der Waals surface area contributed by atoms with Crippen molar-refractivity contribution in [2.45, 2.75) is 6.92 Å². The standard InChI is InChI=1S/C8H10N4S/c1-6-2-7(4-10-3-6)5-11-12-8(9)13/h2-5H,1H3,(H3,9,12,13)/b11-5+. The molecule has 0 aromatic carbocycles. The van der Waals surface area contributed by atoms with Crippen molar-refractivity contribution in [2.24, 2.45) is 10.8 Å². The number of pyridine rings is 1. The lowest BCUT2D eigenvalue weighted by molar-refractivity contribution is 1.04. The molecule has 0 fully saturated rings. The average molecular weight is 194 g/mol. The van der Waals surface area contributed by atoms with E-state index in [1.165, 1.54) is 0 Å². The summed E-state index contributed by atoms with van der Waals surface area (Å²) in [4.78, 5) is 4.00. The first kappa shape index (κ1) is 9.60. The normalized spacial score (nSPS) is 10.2. The van der Waals surface area contributed by atoms with E-state index in [1.807, 2.05) is 13.0 Å². The van der Waals surface area contributed by atoms with Crippen LogP contribution in [0.2, 0.25) is 0 Å². The Bertz CT molecular complexity index is 335. The number of rotatable bonds is 2. The zero-order valence-corrected chi connectivity index (χ0v) is 8.01. The topological polar surface area (TPSA) is 63.3 Å². The largest absolute Gasteiger partial charge is 0.375 e. The summed E-state index contributed by atoms with van der Waals surface area (Å²) in [5.74, 6) is 0. The van der Waals surface area contributed by atoms with Crippen LogP contribution < -0.4 is 11.2 Å². The van der Waals surface area contributed by atoms with Crippen LogP contribution in [-0.4, -0.2) is 16.3 Å². The monoisotopic (exact) mass is 194 g/mol. The number of aryl methyl sites for hydroxylation is 1. The molecule has 0 amide bonds. The van der Waals surface area contributed by atoms with Crippen LogP contribution in [0.25, 0.3) is 0 Å². The highest BCUT2D eigenvalue weighted by molar-refractivity contribution is 7.80. The van der Waals surface area contributed by atoms with Crippen LogP contribution in [0.4, 0.5) is 0 Å². The number of nitrogens with zero attached hydrogens (tertiary/aromatic N) is 2. The molecule has 1 heterocycles. The molecule has 0 radical (unpaired) electrons. The third-order valence-electron chi connectivity index (χ3n) is 1.28. The van der Waals surface area contributed by atoms with Gasteiger partial charge in [-0.05, 0) is 30.8 Å². The highest BCUT2D eigenvalue weighted by Crippen LogP contribution is 1.97. The van der Waals surface area contributed by atoms with Crippen molar-refractivity contribution in [2.75, 3.05) is 0 Å². The smallest absolute Gasteiger partial charge is 0.184 e. The van der Waals surface area contributed by atoms with Gasteiger partial charge in [-0.25, -0.2) is 0 Å². The molecule has 1 aromatic heterocycles.